The van der Waals surface area contributed by atoms with Crippen molar-refractivity contribution in [2.45, 2.75) is 13.3 Å². The third-order valence-electron chi connectivity index (χ3n) is 2.65. The third kappa shape index (κ3) is 3.10. The fraction of sp³-hybridized carbons (Fsp3) is 0.200. The van der Waals surface area contributed by atoms with Gasteiger partial charge in [0.15, 0.2) is 0 Å². The Morgan fingerprint density at radius 3 is 2.84 bits per heavy atom. The van der Waals surface area contributed by atoms with Gasteiger partial charge in [0.25, 0.3) is 0 Å². The number of aromatic nitrogens is 1. The molecule has 98 valence electrons. The van der Waals surface area contributed by atoms with Crippen molar-refractivity contribution in [1.29, 1.82) is 0 Å². The minimum Gasteiger partial charge on any atom is -0.492 e. The largest absolute Gasteiger partial charge is 0.492 e. The van der Waals surface area contributed by atoms with Crippen LogP contribution >= 0.6 is 0 Å². The lowest BCUT2D eigenvalue weighted by Crippen LogP contribution is -2.00. The fourth-order valence-corrected chi connectivity index (χ4v) is 1.79. The van der Waals surface area contributed by atoms with Crippen LogP contribution in [-0.2, 0) is 0 Å². The van der Waals surface area contributed by atoms with Crippen molar-refractivity contribution in [3.63, 3.8) is 0 Å². The number of nitrogens with zero attached hydrogens (tertiary/aromatic N) is 1. The Hall–Kier alpha value is -2.36. The number of carboxylic acid groups (broad SMARTS) is 1. The Bertz CT molecular complexity index is 581. The van der Waals surface area contributed by atoms with Crippen LogP contribution in [0.2, 0.25) is 0 Å². The Morgan fingerprint density at radius 2 is 2.11 bits per heavy atom. The molecule has 4 nitrogen and oxygen atoms in total. The van der Waals surface area contributed by atoms with Gasteiger partial charge < -0.3 is 9.84 Å². The van der Waals surface area contributed by atoms with Gasteiger partial charge in [-0.1, -0.05) is 25.1 Å². The Balaban J connectivity index is 2.39. The standard InChI is InChI=1S/C15H15NO3/c1-2-7-19-12-8-11(9-16-10-12)13-5-3-4-6-14(13)15(17)18/h3-6,8-10H,2,7H2,1H3,(H,17,18). The summed E-state index contributed by atoms with van der Waals surface area (Å²) in [6.07, 6.45) is 4.18. The minimum atomic E-state index is -0.949. The predicted octanol–water partition coefficient (Wildman–Crippen LogP) is 3.24. The van der Waals surface area contributed by atoms with E-state index in [2.05, 4.69) is 4.98 Å². The van der Waals surface area contributed by atoms with Crippen LogP contribution < -0.4 is 4.74 Å². The number of hydrogen-bond acceptors (Lipinski definition) is 3. The summed E-state index contributed by atoms with van der Waals surface area (Å²) in [6, 6.07) is 8.67. The topological polar surface area (TPSA) is 59.4 Å². The zero-order chi connectivity index (χ0) is 13.7. The molecule has 0 saturated heterocycles. The summed E-state index contributed by atoms with van der Waals surface area (Å²) in [7, 11) is 0. The molecule has 2 aromatic rings. The van der Waals surface area contributed by atoms with E-state index >= 15 is 0 Å². The van der Waals surface area contributed by atoms with Crippen molar-refractivity contribution in [3.05, 3.63) is 48.3 Å². The van der Waals surface area contributed by atoms with E-state index in [1.54, 1.807) is 36.7 Å². The van der Waals surface area contributed by atoms with Gasteiger partial charge in [-0.15, -0.1) is 0 Å². The van der Waals surface area contributed by atoms with Crippen LogP contribution in [0.5, 0.6) is 5.75 Å². The number of ether oxygens (including phenoxy) is 1. The maximum absolute atomic E-state index is 11.2. The summed E-state index contributed by atoms with van der Waals surface area (Å²) in [4.78, 5) is 15.3. The lowest BCUT2D eigenvalue weighted by molar-refractivity contribution is 0.0697. The molecule has 1 N–H and O–H groups in total. The van der Waals surface area contributed by atoms with E-state index in [1.165, 1.54) is 0 Å². The number of carbonyl (C=O) groups is 1. The van der Waals surface area contributed by atoms with Gasteiger partial charge in [-0.25, -0.2) is 4.79 Å². The van der Waals surface area contributed by atoms with Gasteiger partial charge in [-0.3, -0.25) is 4.98 Å². The molecule has 1 aromatic heterocycles. The second-order valence-corrected chi connectivity index (χ2v) is 4.11. The molecule has 0 fully saturated rings. The van der Waals surface area contributed by atoms with Crippen molar-refractivity contribution in [1.82, 2.24) is 4.98 Å². The van der Waals surface area contributed by atoms with Crippen molar-refractivity contribution < 1.29 is 14.6 Å². The molecular weight excluding hydrogens is 242 g/mol. The van der Waals surface area contributed by atoms with Crippen LogP contribution in [0.1, 0.15) is 23.7 Å². The molecule has 19 heavy (non-hydrogen) atoms. The maximum atomic E-state index is 11.2. The van der Waals surface area contributed by atoms with E-state index < -0.39 is 5.97 Å². The second kappa shape index (κ2) is 6.00. The Kier molecular flexibility index (Phi) is 4.13. The van der Waals surface area contributed by atoms with Crippen molar-refractivity contribution in [3.8, 4) is 16.9 Å². The zero-order valence-electron chi connectivity index (χ0n) is 10.7. The van der Waals surface area contributed by atoms with E-state index in [4.69, 9.17) is 4.74 Å². The normalized spacial score (nSPS) is 10.2. The summed E-state index contributed by atoms with van der Waals surface area (Å²) >= 11 is 0. The average Bonchev–Trinajstić information content (AvgIpc) is 2.45. The highest BCUT2D eigenvalue weighted by Gasteiger charge is 2.11. The lowest BCUT2D eigenvalue weighted by Gasteiger charge is -2.08. The average molecular weight is 257 g/mol. The molecule has 0 aliphatic heterocycles. The van der Waals surface area contributed by atoms with Crippen LogP contribution in [0.4, 0.5) is 0 Å². The number of carboxylic acids is 1. The van der Waals surface area contributed by atoms with Gasteiger partial charge in [-0.2, -0.15) is 0 Å². The van der Waals surface area contributed by atoms with Gasteiger partial charge >= 0.3 is 5.97 Å². The van der Waals surface area contributed by atoms with Gasteiger partial charge in [0, 0.05) is 11.8 Å². The summed E-state index contributed by atoms with van der Waals surface area (Å²) in [5.74, 6) is -0.296. The number of rotatable bonds is 5. The fourth-order valence-electron chi connectivity index (χ4n) is 1.79. The van der Waals surface area contributed by atoms with Crippen LogP contribution in [0.25, 0.3) is 11.1 Å². The number of benzene rings is 1. The third-order valence-corrected chi connectivity index (χ3v) is 2.65. The molecule has 0 aliphatic rings. The summed E-state index contributed by atoms with van der Waals surface area (Å²) in [6.45, 7) is 2.64. The molecule has 2 rings (SSSR count). The molecule has 0 atom stereocenters. The molecule has 0 spiro atoms. The highest BCUT2D eigenvalue weighted by atomic mass is 16.5. The van der Waals surface area contributed by atoms with Gasteiger partial charge in [-0.05, 0) is 24.1 Å². The molecule has 1 heterocycles. The highest BCUT2D eigenvalue weighted by Crippen LogP contribution is 2.26. The molecule has 0 radical (unpaired) electrons. The Labute approximate surface area is 111 Å². The first-order valence-electron chi connectivity index (χ1n) is 6.13. The van der Waals surface area contributed by atoms with Crippen molar-refractivity contribution in [2.75, 3.05) is 6.61 Å². The summed E-state index contributed by atoms with van der Waals surface area (Å²) in [5, 5.41) is 9.19. The molecule has 0 aliphatic carbocycles. The summed E-state index contributed by atoms with van der Waals surface area (Å²) < 4.78 is 5.51. The zero-order valence-corrected chi connectivity index (χ0v) is 10.7. The number of pyridine rings is 1. The van der Waals surface area contributed by atoms with Crippen LogP contribution in [-0.4, -0.2) is 22.7 Å². The smallest absolute Gasteiger partial charge is 0.336 e. The predicted molar refractivity (Wildman–Crippen MR) is 72.4 cm³/mol. The number of aromatic carboxylic acids is 1. The van der Waals surface area contributed by atoms with Crippen LogP contribution in [0.15, 0.2) is 42.7 Å². The molecule has 1 aromatic carbocycles. The van der Waals surface area contributed by atoms with Gasteiger partial charge in [0.05, 0.1) is 18.4 Å². The van der Waals surface area contributed by atoms with Crippen molar-refractivity contribution >= 4 is 5.97 Å². The monoisotopic (exact) mass is 257 g/mol. The highest BCUT2D eigenvalue weighted by molar-refractivity contribution is 5.95. The SMILES string of the molecule is CCCOc1cncc(-c2ccccc2C(=O)O)c1. The molecule has 0 unspecified atom stereocenters. The van der Waals surface area contributed by atoms with Gasteiger partial charge in [0.2, 0.25) is 0 Å². The van der Waals surface area contributed by atoms with Crippen molar-refractivity contribution in [2.24, 2.45) is 0 Å². The quantitative estimate of drug-likeness (QED) is 0.893. The first-order valence-corrected chi connectivity index (χ1v) is 6.13. The molecule has 0 bridgehead atoms. The Morgan fingerprint density at radius 1 is 1.32 bits per heavy atom. The first kappa shape index (κ1) is 13.1. The van der Waals surface area contributed by atoms with E-state index in [0.717, 1.165) is 12.0 Å². The lowest BCUT2D eigenvalue weighted by atomic mass is 10.0. The molecular formula is C15H15NO3. The summed E-state index contributed by atoms with van der Waals surface area (Å²) in [5.41, 5.74) is 1.65. The molecule has 4 heteroatoms. The van der Waals surface area contributed by atoms with E-state index in [9.17, 15) is 9.90 Å². The number of hydrogen-bond donors (Lipinski definition) is 1. The van der Waals surface area contributed by atoms with Gasteiger partial charge in [0.1, 0.15) is 5.75 Å². The first-order chi connectivity index (χ1) is 9.22. The molecule has 0 amide bonds. The van der Waals surface area contributed by atoms with E-state index in [-0.39, 0.29) is 5.56 Å². The second-order valence-electron chi connectivity index (χ2n) is 4.11. The molecule has 0 saturated carbocycles. The van der Waals surface area contributed by atoms with E-state index in [1.807, 2.05) is 13.0 Å². The van der Waals surface area contributed by atoms with Crippen LogP contribution in [0.3, 0.4) is 0 Å². The van der Waals surface area contributed by atoms with Crippen LogP contribution in [0, 0.1) is 0 Å². The maximum Gasteiger partial charge on any atom is 0.336 e. The minimum absolute atomic E-state index is 0.261. The van der Waals surface area contributed by atoms with E-state index in [0.29, 0.717) is 17.9 Å².